The molecule has 0 radical (unpaired) electrons. The average Bonchev–Trinajstić information content (AvgIpc) is 3.00. The van der Waals surface area contributed by atoms with Crippen LogP contribution in [0, 0.1) is 5.92 Å². The zero-order valence-corrected chi connectivity index (χ0v) is 9.65. The fourth-order valence-electron chi connectivity index (χ4n) is 1.66. The van der Waals surface area contributed by atoms with E-state index in [1.165, 1.54) is 7.11 Å². The van der Waals surface area contributed by atoms with E-state index in [4.69, 9.17) is 14.4 Å². The first-order chi connectivity index (χ1) is 8.41. The molecule has 1 aliphatic rings. The van der Waals surface area contributed by atoms with Gasteiger partial charge in [-0.25, -0.2) is 0 Å². The third kappa shape index (κ3) is 2.99. The molecular formula is C10H13F3N2O3. The number of hydrogen-bond donors (Lipinski definition) is 1. The number of rotatable bonds is 5. The lowest BCUT2D eigenvalue weighted by molar-refractivity contribution is -0.204. The minimum absolute atomic E-state index is 0.238. The maximum absolute atomic E-state index is 12.1. The molecule has 1 aromatic rings. The molecule has 0 aromatic carbocycles. The van der Waals surface area contributed by atoms with Gasteiger partial charge in [-0.3, -0.25) is 0 Å². The van der Waals surface area contributed by atoms with Gasteiger partial charge in [-0.05, 0) is 18.8 Å². The van der Waals surface area contributed by atoms with E-state index in [0.29, 0.717) is 5.92 Å². The summed E-state index contributed by atoms with van der Waals surface area (Å²) in [5.41, 5.74) is 0. The summed E-state index contributed by atoms with van der Waals surface area (Å²) in [6.45, 7) is 0. The summed E-state index contributed by atoms with van der Waals surface area (Å²) in [5.74, 6) is 0.301. The molecule has 0 aliphatic heterocycles. The minimum Gasteiger partial charge on any atom is -0.383 e. The second-order valence-corrected chi connectivity index (χ2v) is 4.30. The van der Waals surface area contributed by atoms with E-state index in [2.05, 4.69) is 10.1 Å². The summed E-state index contributed by atoms with van der Waals surface area (Å²) < 4.78 is 46.3. The number of hydrogen-bond acceptors (Lipinski definition) is 5. The molecule has 1 aromatic heterocycles. The van der Waals surface area contributed by atoms with Crippen LogP contribution in [0.2, 0.25) is 0 Å². The van der Waals surface area contributed by atoms with Gasteiger partial charge in [0.2, 0.25) is 11.7 Å². The second-order valence-electron chi connectivity index (χ2n) is 4.30. The molecule has 18 heavy (non-hydrogen) atoms. The number of methoxy groups -OCH3 is 1. The lowest BCUT2D eigenvalue weighted by Gasteiger charge is -2.11. The summed E-state index contributed by atoms with van der Waals surface area (Å²) in [4.78, 5) is 3.83. The van der Waals surface area contributed by atoms with Crippen molar-refractivity contribution in [1.82, 2.24) is 10.1 Å². The highest BCUT2D eigenvalue weighted by Crippen LogP contribution is 2.41. The quantitative estimate of drug-likeness (QED) is 0.877. The van der Waals surface area contributed by atoms with Crippen molar-refractivity contribution in [3.8, 4) is 0 Å². The molecule has 1 heterocycles. The summed E-state index contributed by atoms with van der Waals surface area (Å²) in [5, 5.41) is 12.5. The van der Waals surface area contributed by atoms with Crippen molar-refractivity contribution < 1.29 is 27.5 Å². The number of ether oxygens (including phenoxy) is 1. The summed E-state index contributed by atoms with van der Waals surface area (Å²) in [7, 11) is 1.49. The Labute approximate surface area is 101 Å². The van der Waals surface area contributed by atoms with Gasteiger partial charge in [0.1, 0.15) is 6.10 Å². The van der Waals surface area contributed by atoms with Crippen LogP contribution in [0.5, 0.6) is 0 Å². The van der Waals surface area contributed by atoms with Crippen LogP contribution >= 0.6 is 0 Å². The van der Waals surface area contributed by atoms with Crippen LogP contribution in [0.15, 0.2) is 4.52 Å². The van der Waals surface area contributed by atoms with Crippen molar-refractivity contribution in [3.63, 3.8) is 0 Å². The second kappa shape index (κ2) is 4.85. The van der Waals surface area contributed by atoms with Crippen molar-refractivity contribution in [2.75, 3.05) is 7.11 Å². The maximum Gasteiger partial charge on any atom is 0.414 e. The van der Waals surface area contributed by atoms with Gasteiger partial charge >= 0.3 is 6.18 Å². The largest absolute Gasteiger partial charge is 0.414 e. The van der Waals surface area contributed by atoms with Crippen molar-refractivity contribution in [3.05, 3.63) is 11.7 Å². The van der Waals surface area contributed by atoms with Gasteiger partial charge < -0.3 is 14.4 Å². The molecule has 1 fully saturated rings. The molecular weight excluding hydrogens is 253 g/mol. The number of halogens is 3. The first kappa shape index (κ1) is 13.3. The molecule has 2 unspecified atom stereocenters. The van der Waals surface area contributed by atoms with Gasteiger partial charge in [-0.1, -0.05) is 5.16 Å². The third-order valence-corrected chi connectivity index (χ3v) is 2.79. The summed E-state index contributed by atoms with van der Waals surface area (Å²) in [6, 6.07) is 0. The van der Waals surface area contributed by atoms with Crippen molar-refractivity contribution in [2.45, 2.75) is 37.6 Å². The van der Waals surface area contributed by atoms with E-state index >= 15 is 0 Å². The molecule has 2 rings (SSSR count). The number of aromatic nitrogens is 2. The Hall–Kier alpha value is -1.15. The van der Waals surface area contributed by atoms with Gasteiger partial charge in [-0.15, -0.1) is 0 Å². The van der Waals surface area contributed by atoms with Crippen LogP contribution in [0.1, 0.15) is 30.7 Å². The topological polar surface area (TPSA) is 68.4 Å². The molecule has 5 nitrogen and oxygen atoms in total. The lowest BCUT2D eigenvalue weighted by atomic mass is 10.2. The molecule has 1 saturated carbocycles. The monoisotopic (exact) mass is 266 g/mol. The SMILES string of the molecule is COC(c1noc(CC(O)C(F)(F)F)n1)C1CC1. The van der Waals surface area contributed by atoms with Crippen LogP contribution < -0.4 is 0 Å². The Morgan fingerprint density at radius 3 is 2.67 bits per heavy atom. The van der Waals surface area contributed by atoms with E-state index in [-0.39, 0.29) is 17.8 Å². The number of nitrogens with zero attached hydrogens (tertiary/aromatic N) is 2. The van der Waals surface area contributed by atoms with E-state index in [1.807, 2.05) is 0 Å². The van der Waals surface area contributed by atoms with Gasteiger partial charge in [0.25, 0.3) is 0 Å². The van der Waals surface area contributed by atoms with Crippen LogP contribution in [-0.2, 0) is 11.2 Å². The smallest absolute Gasteiger partial charge is 0.383 e. The summed E-state index contributed by atoms with van der Waals surface area (Å²) in [6.07, 6.45) is -6.30. The maximum atomic E-state index is 12.1. The molecule has 0 amide bonds. The minimum atomic E-state index is -4.69. The Morgan fingerprint density at radius 1 is 1.50 bits per heavy atom. The lowest BCUT2D eigenvalue weighted by Crippen LogP contribution is -2.30. The Balaban J connectivity index is 2.01. The number of alkyl halides is 3. The standard InChI is InChI=1S/C10H13F3N2O3/c1-17-8(5-2-3-5)9-14-7(18-15-9)4-6(16)10(11,12)13/h5-6,8,16H,2-4H2,1H3. The highest BCUT2D eigenvalue weighted by molar-refractivity contribution is 4.99. The van der Waals surface area contributed by atoms with Crippen molar-refractivity contribution in [1.29, 1.82) is 0 Å². The highest BCUT2D eigenvalue weighted by Gasteiger charge is 2.40. The molecule has 2 atom stereocenters. The molecule has 1 N–H and O–H groups in total. The first-order valence-corrected chi connectivity index (χ1v) is 5.52. The van der Waals surface area contributed by atoms with E-state index < -0.39 is 18.7 Å². The Kier molecular flexibility index (Phi) is 3.58. The van der Waals surface area contributed by atoms with Crippen LogP contribution in [0.3, 0.4) is 0 Å². The van der Waals surface area contributed by atoms with Crippen molar-refractivity contribution >= 4 is 0 Å². The van der Waals surface area contributed by atoms with Gasteiger partial charge in [-0.2, -0.15) is 18.2 Å². The van der Waals surface area contributed by atoms with Crippen LogP contribution in [0.4, 0.5) is 13.2 Å². The molecule has 8 heteroatoms. The predicted molar refractivity (Wildman–Crippen MR) is 52.5 cm³/mol. The third-order valence-electron chi connectivity index (χ3n) is 2.79. The van der Waals surface area contributed by atoms with E-state index in [0.717, 1.165) is 12.8 Å². The van der Waals surface area contributed by atoms with Gasteiger partial charge in [0, 0.05) is 7.11 Å². The molecule has 0 bridgehead atoms. The zero-order valence-electron chi connectivity index (χ0n) is 9.65. The molecule has 102 valence electrons. The van der Waals surface area contributed by atoms with Crippen LogP contribution in [0.25, 0.3) is 0 Å². The predicted octanol–water partition coefficient (Wildman–Crippen LogP) is 1.63. The van der Waals surface area contributed by atoms with Crippen LogP contribution in [-0.4, -0.2) is 34.6 Å². The molecule has 0 saturated heterocycles. The fraction of sp³-hybridized carbons (Fsp3) is 0.800. The Morgan fingerprint density at radius 2 is 2.17 bits per heavy atom. The van der Waals surface area contributed by atoms with Gasteiger partial charge in [0.05, 0.1) is 6.42 Å². The molecule has 1 aliphatic carbocycles. The molecule has 0 spiro atoms. The van der Waals surface area contributed by atoms with Gasteiger partial charge in [0.15, 0.2) is 6.10 Å². The zero-order chi connectivity index (χ0) is 13.3. The highest BCUT2D eigenvalue weighted by atomic mass is 19.4. The fourth-order valence-corrected chi connectivity index (χ4v) is 1.66. The average molecular weight is 266 g/mol. The first-order valence-electron chi connectivity index (χ1n) is 5.52. The Bertz CT molecular complexity index is 403. The van der Waals surface area contributed by atoms with E-state index in [1.54, 1.807) is 0 Å². The number of aliphatic hydroxyl groups is 1. The number of aliphatic hydroxyl groups excluding tert-OH is 1. The normalized spacial score (nSPS) is 19.8. The van der Waals surface area contributed by atoms with E-state index in [9.17, 15) is 13.2 Å². The van der Waals surface area contributed by atoms with Crippen molar-refractivity contribution in [2.24, 2.45) is 5.92 Å². The summed E-state index contributed by atoms with van der Waals surface area (Å²) >= 11 is 0.